The molecule has 4 heteroatoms. The molecule has 2 rings (SSSR count). The van der Waals surface area contributed by atoms with Gasteiger partial charge in [-0.25, -0.2) is 4.39 Å². The van der Waals surface area contributed by atoms with E-state index in [1.807, 2.05) is 19.1 Å². The third kappa shape index (κ3) is 2.70. The number of carboxylic acid groups (broad SMARTS) is 1. The molecule has 1 saturated heterocycles. The van der Waals surface area contributed by atoms with Gasteiger partial charge in [-0.3, -0.25) is 9.69 Å². The summed E-state index contributed by atoms with van der Waals surface area (Å²) in [6.07, 6.45) is 1.05. The van der Waals surface area contributed by atoms with Crippen molar-refractivity contribution in [3.8, 4) is 0 Å². The monoisotopic (exact) mass is 251 g/mol. The second-order valence-electron chi connectivity index (χ2n) is 4.86. The van der Waals surface area contributed by atoms with Crippen molar-refractivity contribution in [3.63, 3.8) is 0 Å². The molecule has 3 nitrogen and oxygen atoms in total. The van der Waals surface area contributed by atoms with Crippen LogP contribution in [-0.4, -0.2) is 29.1 Å². The van der Waals surface area contributed by atoms with Gasteiger partial charge in [-0.05, 0) is 18.4 Å². The second-order valence-corrected chi connectivity index (χ2v) is 4.86. The molecule has 0 bridgehead atoms. The summed E-state index contributed by atoms with van der Waals surface area (Å²) in [6.45, 7) is 3.53. The Bertz CT molecular complexity index is 430. The third-order valence-electron chi connectivity index (χ3n) is 3.54. The van der Waals surface area contributed by atoms with E-state index in [1.165, 1.54) is 6.07 Å². The van der Waals surface area contributed by atoms with Crippen molar-refractivity contribution in [2.75, 3.05) is 13.1 Å². The van der Waals surface area contributed by atoms with Crippen molar-refractivity contribution < 1.29 is 14.3 Å². The zero-order valence-corrected chi connectivity index (χ0v) is 10.5. The maximum absolute atomic E-state index is 13.7. The number of likely N-dealkylation sites (tertiary alicyclic amines) is 1. The second kappa shape index (κ2) is 5.48. The van der Waals surface area contributed by atoms with Gasteiger partial charge in [0.25, 0.3) is 0 Å². The molecule has 0 saturated carbocycles. The van der Waals surface area contributed by atoms with E-state index in [9.17, 15) is 9.18 Å². The molecule has 1 atom stereocenters. The molecule has 0 amide bonds. The number of hydrogen-bond donors (Lipinski definition) is 1. The zero-order chi connectivity index (χ0) is 13.1. The van der Waals surface area contributed by atoms with Gasteiger partial charge in [0.15, 0.2) is 0 Å². The average molecular weight is 251 g/mol. The van der Waals surface area contributed by atoms with E-state index in [2.05, 4.69) is 4.90 Å². The van der Waals surface area contributed by atoms with Crippen LogP contribution < -0.4 is 0 Å². The largest absolute Gasteiger partial charge is 0.481 e. The first-order valence-corrected chi connectivity index (χ1v) is 6.32. The minimum Gasteiger partial charge on any atom is -0.481 e. The molecule has 1 aromatic carbocycles. The van der Waals surface area contributed by atoms with Gasteiger partial charge in [0.2, 0.25) is 0 Å². The van der Waals surface area contributed by atoms with Crippen LogP contribution in [0.2, 0.25) is 0 Å². The lowest BCUT2D eigenvalue weighted by Gasteiger charge is -2.44. The van der Waals surface area contributed by atoms with E-state index in [4.69, 9.17) is 5.11 Å². The molecule has 0 spiro atoms. The Hall–Kier alpha value is -1.42. The number of halogens is 1. The summed E-state index contributed by atoms with van der Waals surface area (Å²) in [5, 5.41) is 8.71. The molecule has 98 valence electrons. The Morgan fingerprint density at radius 1 is 1.50 bits per heavy atom. The van der Waals surface area contributed by atoms with Crippen LogP contribution in [-0.2, 0) is 4.79 Å². The molecule has 1 aromatic rings. The lowest BCUT2D eigenvalue weighted by molar-refractivity contribution is -0.139. The van der Waals surface area contributed by atoms with Gasteiger partial charge in [-0.1, -0.05) is 25.1 Å². The van der Waals surface area contributed by atoms with Crippen molar-refractivity contribution >= 4 is 5.97 Å². The highest BCUT2D eigenvalue weighted by molar-refractivity contribution is 5.67. The standard InChI is InChI=1S/C14H18FNO2/c1-2-13(11-5-3-4-6-12(11)15)16-8-10(9-16)7-14(17)18/h3-6,10,13H,2,7-9H2,1H3,(H,17,18). The number of carbonyl (C=O) groups is 1. The first-order chi connectivity index (χ1) is 8.61. The topological polar surface area (TPSA) is 40.5 Å². The van der Waals surface area contributed by atoms with Crippen LogP contribution in [0, 0.1) is 11.7 Å². The fourth-order valence-corrected chi connectivity index (χ4v) is 2.66. The Kier molecular flexibility index (Phi) is 3.97. The van der Waals surface area contributed by atoms with E-state index in [0.29, 0.717) is 5.56 Å². The van der Waals surface area contributed by atoms with Gasteiger partial charge in [-0.15, -0.1) is 0 Å². The smallest absolute Gasteiger partial charge is 0.303 e. The van der Waals surface area contributed by atoms with E-state index >= 15 is 0 Å². The number of rotatable bonds is 5. The van der Waals surface area contributed by atoms with Crippen molar-refractivity contribution in [1.82, 2.24) is 4.90 Å². The molecule has 1 aliphatic heterocycles. The van der Waals surface area contributed by atoms with Crippen molar-refractivity contribution in [2.45, 2.75) is 25.8 Å². The fourth-order valence-electron chi connectivity index (χ4n) is 2.66. The van der Waals surface area contributed by atoms with Gasteiger partial charge < -0.3 is 5.11 Å². The summed E-state index contributed by atoms with van der Waals surface area (Å²) >= 11 is 0. The minimum atomic E-state index is -0.751. The van der Waals surface area contributed by atoms with E-state index in [0.717, 1.165) is 19.5 Å². The molecule has 18 heavy (non-hydrogen) atoms. The van der Waals surface area contributed by atoms with E-state index in [-0.39, 0.29) is 24.2 Å². The third-order valence-corrected chi connectivity index (χ3v) is 3.54. The Morgan fingerprint density at radius 2 is 2.17 bits per heavy atom. The van der Waals surface area contributed by atoms with Crippen LogP contribution >= 0.6 is 0 Å². The summed E-state index contributed by atoms with van der Waals surface area (Å²) in [6, 6.07) is 6.89. The van der Waals surface area contributed by atoms with Crippen LogP contribution in [0.15, 0.2) is 24.3 Å². The molecule has 1 aliphatic rings. The zero-order valence-electron chi connectivity index (χ0n) is 10.5. The Labute approximate surface area is 106 Å². The summed E-state index contributed by atoms with van der Waals surface area (Å²) in [4.78, 5) is 12.8. The average Bonchev–Trinajstić information content (AvgIpc) is 2.28. The normalized spacial score (nSPS) is 18.3. The quantitative estimate of drug-likeness (QED) is 0.874. The molecular formula is C14H18FNO2. The van der Waals surface area contributed by atoms with Crippen LogP contribution in [0.5, 0.6) is 0 Å². The van der Waals surface area contributed by atoms with Crippen LogP contribution in [0.3, 0.4) is 0 Å². The number of hydrogen-bond acceptors (Lipinski definition) is 2. The Morgan fingerprint density at radius 3 is 2.72 bits per heavy atom. The predicted octanol–water partition coefficient (Wildman–Crippen LogP) is 2.68. The van der Waals surface area contributed by atoms with E-state index < -0.39 is 5.97 Å². The molecule has 0 aliphatic carbocycles. The SMILES string of the molecule is CCC(c1ccccc1F)N1CC(CC(=O)O)C1. The van der Waals surface area contributed by atoms with Crippen molar-refractivity contribution in [3.05, 3.63) is 35.6 Å². The number of benzene rings is 1. The summed E-state index contributed by atoms with van der Waals surface area (Å²) < 4.78 is 13.7. The molecular weight excluding hydrogens is 233 g/mol. The molecule has 1 N–H and O–H groups in total. The Balaban J connectivity index is 2.00. The highest BCUT2D eigenvalue weighted by Gasteiger charge is 2.34. The first kappa shape index (κ1) is 13.0. The maximum atomic E-state index is 13.7. The lowest BCUT2D eigenvalue weighted by Crippen LogP contribution is -2.49. The summed E-state index contributed by atoms with van der Waals surface area (Å²) in [7, 11) is 0. The van der Waals surface area contributed by atoms with Crippen molar-refractivity contribution in [2.24, 2.45) is 5.92 Å². The van der Waals surface area contributed by atoms with Gasteiger partial charge in [0.05, 0.1) is 6.42 Å². The van der Waals surface area contributed by atoms with Gasteiger partial charge in [-0.2, -0.15) is 0 Å². The number of nitrogens with zero attached hydrogens (tertiary/aromatic N) is 1. The van der Waals surface area contributed by atoms with Crippen LogP contribution in [0.1, 0.15) is 31.4 Å². The molecule has 1 heterocycles. The molecule has 0 aromatic heterocycles. The summed E-state index contributed by atoms with van der Waals surface area (Å²) in [5.74, 6) is -0.715. The van der Waals surface area contributed by atoms with E-state index in [1.54, 1.807) is 6.07 Å². The van der Waals surface area contributed by atoms with Gasteiger partial charge in [0, 0.05) is 24.7 Å². The minimum absolute atomic E-state index is 0.0660. The first-order valence-electron chi connectivity index (χ1n) is 6.32. The van der Waals surface area contributed by atoms with Crippen LogP contribution in [0.25, 0.3) is 0 Å². The van der Waals surface area contributed by atoms with Crippen LogP contribution in [0.4, 0.5) is 4.39 Å². The van der Waals surface area contributed by atoms with Gasteiger partial charge in [0.1, 0.15) is 5.82 Å². The number of aliphatic carboxylic acids is 1. The number of carboxylic acids is 1. The summed E-state index contributed by atoms with van der Waals surface area (Å²) in [5.41, 5.74) is 0.716. The molecule has 0 radical (unpaired) electrons. The highest BCUT2D eigenvalue weighted by Crippen LogP contribution is 2.33. The lowest BCUT2D eigenvalue weighted by atomic mass is 9.91. The molecule has 1 fully saturated rings. The molecule has 1 unspecified atom stereocenters. The predicted molar refractivity (Wildman–Crippen MR) is 66.7 cm³/mol. The highest BCUT2D eigenvalue weighted by atomic mass is 19.1. The fraction of sp³-hybridized carbons (Fsp3) is 0.500. The van der Waals surface area contributed by atoms with Crippen molar-refractivity contribution in [1.29, 1.82) is 0 Å². The van der Waals surface area contributed by atoms with Gasteiger partial charge >= 0.3 is 5.97 Å². The maximum Gasteiger partial charge on any atom is 0.303 e.